The smallest absolute Gasteiger partial charge is 0.158 e. The summed E-state index contributed by atoms with van der Waals surface area (Å²) in [7, 11) is 0. The second kappa shape index (κ2) is 6.08. The number of ketones is 1. The van der Waals surface area contributed by atoms with Gasteiger partial charge in [-0.05, 0) is 23.3 Å². The standard InChI is InChI=1S/C15H13BrFNO/c16-13-9-12(17)7-6-11(13)8-14(19)15(18)10-4-2-1-3-5-10/h1-7,9,15H,8,18H2. The Morgan fingerprint density at radius 3 is 2.53 bits per heavy atom. The van der Waals surface area contributed by atoms with Crippen LogP contribution in [-0.2, 0) is 11.2 Å². The number of hydrogen-bond acceptors (Lipinski definition) is 2. The third-order valence-electron chi connectivity index (χ3n) is 2.89. The van der Waals surface area contributed by atoms with Crippen LogP contribution in [0.4, 0.5) is 4.39 Å². The molecule has 0 radical (unpaired) electrons. The Morgan fingerprint density at radius 1 is 1.21 bits per heavy atom. The van der Waals surface area contributed by atoms with Crippen LogP contribution in [0, 0.1) is 5.82 Å². The Hall–Kier alpha value is -1.52. The van der Waals surface area contributed by atoms with Crippen LogP contribution < -0.4 is 5.73 Å². The molecule has 0 heterocycles. The predicted molar refractivity (Wildman–Crippen MR) is 76.2 cm³/mol. The summed E-state index contributed by atoms with van der Waals surface area (Å²) in [5.41, 5.74) is 7.44. The van der Waals surface area contributed by atoms with E-state index in [1.807, 2.05) is 30.3 Å². The Bertz CT molecular complexity index is 586. The molecule has 19 heavy (non-hydrogen) atoms. The van der Waals surface area contributed by atoms with Gasteiger partial charge in [0.05, 0.1) is 6.04 Å². The quantitative estimate of drug-likeness (QED) is 0.937. The van der Waals surface area contributed by atoms with Gasteiger partial charge in [0.25, 0.3) is 0 Å². The molecule has 2 aromatic rings. The number of hydrogen-bond donors (Lipinski definition) is 1. The van der Waals surface area contributed by atoms with E-state index in [-0.39, 0.29) is 18.0 Å². The maximum absolute atomic E-state index is 13.0. The first kappa shape index (κ1) is 13.9. The average Bonchev–Trinajstić information content (AvgIpc) is 2.42. The maximum Gasteiger partial charge on any atom is 0.158 e. The van der Waals surface area contributed by atoms with Crippen molar-refractivity contribution < 1.29 is 9.18 Å². The summed E-state index contributed by atoms with van der Waals surface area (Å²) in [4.78, 5) is 12.1. The normalized spacial score (nSPS) is 12.2. The third-order valence-corrected chi connectivity index (χ3v) is 3.62. The van der Waals surface area contributed by atoms with Gasteiger partial charge in [-0.25, -0.2) is 4.39 Å². The largest absolute Gasteiger partial charge is 0.318 e. The van der Waals surface area contributed by atoms with Crippen molar-refractivity contribution in [3.63, 3.8) is 0 Å². The molecule has 0 aliphatic heterocycles. The topological polar surface area (TPSA) is 43.1 Å². The molecule has 4 heteroatoms. The lowest BCUT2D eigenvalue weighted by atomic mass is 9.98. The highest BCUT2D eigenvalue weighted by Gasteiger charge is 2.17. The van der Waals surface area contributed by atoms with Crippen molar-refractivity contribution in [2.24, 2.45) is 5.73 Å². The molecule has 0 aromatic heterocycles. The van der Waals surface area contributed by atoms with Crippen molar-refractivity contribution in [2.75, 3.05) is 0 Å². The lowest BCUT2D eigenvalue weighted by Crippen LogP contribution is -2.23. The van der Waals surface area contributed by atoms with Gasteiger partial charge in [0.2, 0.25) is 0 Å². The summed E-state index contributed by atoms with van der Waals surface area (Å²) in [6.07, 6.45) is 0.178. The SMILES string of the molecule is NC(C(=O)Cc1ccc(F)cc1Br)c1ccccc1. The second-order valence-corrected chi connectivity index (χ2v) is 5.12. The number of rotatable bonds is 4. The number of Topliss-reactive ketones (excluding diaryl/α,β-unsaturated/α-hetero) is 1. The van der Waals surface area contributed by atoms with Crippen molar-refractivity contribution in [3.05, 3.63) is 69.9 Å². The number of benzene rings is 2. The van der Waals surface area contributed by atoms with Crippen molar-refractivity contribution in [1.29, 1.82) is 0 Å². The van der Waals surface area contributed by atoms with Crippen molar-refractivity contribution >= 4 is 21.7 Å². The van der Waals surface area contributed by atoms with Crippen LogP contribution in [0.5, 0.6) is 0 Å². The van der Waals surface area contributed by atoms with Crippen molar-refractivity contribution in [1.82, 2.24) is 0 Å². The average molecular weight is 322 g/mol. The van der Waals surface area contributed by atoms with E-state index in [1.165, 1.54) is 12.1 Å². The summed E-state index contributed by atoms with van der Waals surface area (Å²) < 4.78 is 13.6. The molecule has 0 spiro atoms. The molecule has 0 bridgehead atoms. The lowest BCUT2D eigenvalue weighted by Gasteiger charge is -2.11. The summed E-state index contributed by atoms with van der Waals surface area (Å²) in [6.45, 7) is 0. The summed E-state index contributed by atoms with van der Waals surface area (Å²) in [6, 6.07) is 12.8. The highest BCUT2D eigenvalue weighted by molar-refractivity contribution is 9.10. The molecule has 2 nitrogen and oxygen atoms in total. The second-order valence-electron chi connectivity index (χ2n) is 4.27. The molecule has 0 aliphatic carbocycles. The molecule has 1 unspecified atom stereocenters. The fourth-order valence-electron chi connectivity index (χ4n) is 1.81. The van der Waals surface area contributed by atoms with Gasteiger partial charge in [-0.15, -0.1) is 0 Å². The van der Waals surface area contributed by atoms with E-state index in [0.29, 0.717) is 4.47 Å². The summed E-state index contributed by atoms with van der Waals surface area (Å²) in [5, 5.41) is 0. The van der Waals surface area contributed by atoms with Gasteiger partial charge >= 0.3 is 0 Å². The highest BCUT2D eigenvalue weighted by Crippen LogP contribution is 2.21. The lowest BCUT2D eigenvalue weighted by molar-refractivity contribution is -0.119. The summed E-state index contributed by atoms with van der Waals surface area (Å²) in [5.74, 6) is -0.436. The molecule has 0 fully saturated rings. The third kappa shape index (κ3) is 3.49. The highest BCUT2D eigenvalue weighted by atomic mass is 79.9. The van der Waals surface area contributed by atoms with Crippen LogP contribution >= 0.6 is 15.9 Å². The molecule has 2 N–H and O–H groups in total. The minimum absolute atomic E-state index is 0.0986. The van der Waals surface area contributed by atoms with Crippen LogP contribution in [0.2, 0.25) is 0 Å². The Morgan fingerprint density at radius 2 is 1.89 bits per heavy atom. The number of carbonyl (C=O) groups is 1. The van der Waals surface area contributed by atoms with Gasteiger partial charge in [-0.2, -0.15) is 0 Å². The molecule has 0 aliphatic rings. The minimum atomic E-state index is -0.654. The summed E-state index contributed by atoms with van der Waals surface area (Å²) >= 11 is 3.25. The first-order valence-corrected chi connectivity index (χ1v) is 6.64. The van der Waals surface area contributed by atoms with Gasteiger partial charge in [-0.3, -0.25) is 4.79 Å². The molecule has 0 saturated heterocycles. The van der Waals surface area contributed by atoms with Crippen molar-refractivity contribution in [2.45, 2.75) is 12.5 Å². The fraction of sp³-hybridized carbons (Fsp3) is 0.133. The van der Waals surface area contributed by atoms with Crippen LogP contribution in [0.3, 0.4) is 0 Å². The van der Waals surface area contributed by atoms with E-state index >= 15 is 0 Å². The molecule has 2 aromatic carbocycles. The van der Waals surface area contributed by atoms with E-state index in [2.05, 4.69) is 15.9 Å². The molecule has 2 rings (SSSR count). The maximum atomic E-state index is 13.0. The van der Waals surface area contributed by atoms with Gasteiger partial charge in [0, 0.05) is 10.9 Å². The van der Waals surface area contributed by atoms with Crippen LogP contribution in [0.15, 0.2) is 53.0 Å². The molecule has 0 amide bonds. The Balaban J connectivity index is 2.13. The Kier molecular flexibility index (Phi) is 4.45. The zero-order valence-electron chi connectivity index (χ0n) is 10.1. The zero-order chi connectivity index (χ0) is 13.8. The molecule has 98 valence electrons. The molecular formula is C15H13BrFNO. The zero-order valence-corrected chi connectivity index (χ0v) is 11.7. The number of carbonyl (C=O) groups excluding carboxylic acids is 1. The minimum Gasteiger partial charge on any atom is -0.318 e. The van der Waals surface area contributed by atoms with E-state index in [4.69, 9.17) is 5.73 Å². The van der Waals surface area contributed by atoms with E-state index < -0.39 is 6.04 Å². The fourth-order valence-corrected chi connectivity index (χ4v) is 2.30. The molecular weight excluding hydrogens is 309 g/mol. The van der Waals surface area contributed by atoms with Gasteiger partial charge < -0.3 is 5.73 Å². The number of nitrogens with two attached hydrogens (primary N) is 1. The molecule has 0 saturated carbocycles. The number of halogens is 2. The van der Waals surface area contributed by atoms with Crippen LogP contribution in [-0.4, -0.2) is 5.78 Å². The Labute approximate surface area is 119 Å². The first-order chi connectivity index (χ1) is 9.08. The van der Waals surface area contributed by atoms with Crippen LogP contribution in [0.25, 0.3) is 0 Å². The van der Waals surface area contributed by atoms with E-state index in [0.717, 1.165) is 11.1 Å². The molecule has 1 atom stereocenters. The monoisotopic (exact) mass is 321 g/mol. The predicted octanol–water partition coefficient (Wildman–Crippen LogP) is 3.40. The van der Waals surface area contributed by atoms with Gasteiger partial charge in [0.1, 0.15) is 5.82 Å². The van der Waals surface area contributed by atoms with Crippen molar-refractivity contribution in [3.8, 4) is 0 Å². The van der Waals surface area contributed by atoms with Gasteiger partial charge in [0.15, 0.2) is 5.78 Å². The first-order valence-electron chi connectivity index (χ1n) is 5.85. The van der Waals surface area contributed by atoms with Crippen LogP contribution in [0.1, 0.15) is 17.2 Å². The van der Waals surface area contributed by atoms with Gasteiger partial charge in [-0.1, -0.05) is 52.3 Å². The van der Waals surface area contributed by atoms with E-state index in [1.54, 1.807) is 6.07 Å². The van der Waals surface area contributed by atoms with E-state index in [9.17, 15) is 9.18 Å².